The molecule has 1 aliphatic heterocycles. The van der Waals surface area contributed by atoms with Crippen LogP contribution in [0.15, 0.2) is 18.2 Å². The molecule has 1 heterocycles. The van der Waals surface area contributed by atoms with Crippen molar-refractivity contribution in [3.63, 3.8) is 0 Å². The molecule has 7 heteroatoms. The fourth-order valence-electron chi connectivity index (χ4n) is 1.83. The van der Waals surface area contributed by atoms with Gasteiger partial charge in [0.1, 0.15) is 5.75 Å². The fourth-order valence-corrected chi connectivity index (χ4v) is 2.07. The van der Waals surface area contributed by atoms with Gasteiger partial charge in [0.05, 0.1) is 16.2 Å². The van der Waals surface area contributed by atoms with Crippen LogP contribution >= 0.6 is 11.6 Å². The van der Waals surface area contributed by atoms with Crippen molar-refractivity contribution >= 4 is 24.2 Å². The summed E-state index contributed by atoms with van der Waals surface area (Å²) in [5.41, 5.74) is -0.278. The van der Waals surface area contributed by atoms with Gasteiger partial charge in [-0.15, -0.1) is 0 Å². The normalized spacial score (nSPS) is 20.5. The van der Waals surface area contributed by atoms with Crippen LogP contribution in [0, 0.1) is 0 Å². The van der Waals surface area contributed by atoms with Crippen LogP contribution in [0.1, 0.15) is 27.7 Å². The molecular formula is C13H16BClF2O3. The third-order valence-corrected chi connectivity index (χ3v) is 3.99. The molecule has 1 aromatic rings. The highest BCUT2D eigenvalue weighted by Gasteiger charge is 2.51. The van der Waals surface area contributed by atoms with E-state index in [1.165, 1.54) is 12.1 Å². The molecule has 3 nitrogen and oxygen atoms in total. The minimum Gasteiger partial charge on any atom is -0.433 e. The van der Waals surface area contributed by atoms with Crippen LogP contribution in [-0.2, 0) is 9.31 Å². The van der Waals surface area contributed by atoms with E-state index in [0.29, 0.717) is 5.46 Å². The van der Waals surface area contributed by atoms with Crippen LogP contribution in [0.25, 0.3) is 0 Å². The predicted octanol–water partition coefficient (Wildman–Crippen LogP) is 3.24. The summed E-state index contributed by atoms with van der Waals surface area (Å²) < 4.78 is 40.4. The van der Waals surface area contributed by atoms with Gasteiger partial charge in [0.2, 0.25) is 0 Å². The zero-order chi connectivity index (χ0) is 15.1. The molecule has 0 radical (unpaired) electrons. The first-order valence-corrected chi connectivity index (χ1v) is 6.60. The molecule has 1 aromatic carbocycles. The Kier molecular flexibility index (Phi) is 4.02. The van der Waals surface area contributed by atoms with Gasteiger partial charge in [0.25, 0.3) is 0 Å². The summed E-state index contributed by atoms with van der Waals surface area (Å²) >= 11 is 5.92. The number of ether oxygens (including phenoxy) is 1. The second-order valence-electron chi connectivity index (χ2n) is 5.66. The molecule has 0 amide bonds. The SMILES string of the molecule is CC1(C)OB(c2ccc(OC(F)F)c(Cl)c2)OC1(C)C. The van der Waals surface area contributed by atoms with Crippen LogP contribution in [-0.4, -0.2) is 24.9 Å². The molecule has 1 fully saturated rings. The van der Waals surface area contributed by atoms with Crippen molar-refractivity contribution in [3.8, 4) is 5.75 Å². The lowest BCUT2D eigenvalue weighted by Gasteiger charge is -2.32. The van der Waals surface area contributed by atoms with Crippen molar-refractivity contribution in [1.29, 1.82) is 0 Å². The molecule has 0 unspecified atom stereocenters. The van der Waals surface area contributed by atoms with Crippen molar-refractivity contribution in [2.24, 2.45) is 0 Å². The van der Waals surface area contributed by atoms with E-state index < -0.39 is 24.9 Å². The first-order valence-electron chi connectivity index (χ1n) is 6.22. The number of alkyl halides is 2. The van der Waals surface area contributed by atoms with Crippen LogP contribution in [0.4, 0.5) is 8.78 Å². The Labute approximate surface area is 122 Å². The number of benzene rings is 1. The molecule has 20 heavy (non-hydrogen) atoms. The van der Waals surface area contributed by atoms with Gasteiger partial charge in [-0.05, 0) is 45.3 Å². The summed E-state index contributed by atoms with van der Waals surface area (Å²) in [6.07, 6.45) is 0. The second kappa shape index (κ2) is 5.17. The lowest BCUT2D eigenvalue weighted by molar-refractivity contribution is -0.0497. The lowest BCUT2D eigenvalue weighted by atomic mass is 9.79. The molecule has 0 spiro atoms. The molecule has 0 N–H and O–H groups in total. The molecule has 0 aliphatic carbocycles. The van der Waals surface area contributed by atoms with Crippen molar-refractivity contribution in [3.05, 3.63) is 23.2 Å². The maximum Gasteiger partial charge on any atom is 0.494 e. The largest absolute Gasteiger partial charge is 0.494 e. The number of hydrogen-bond donors (Lipinski definition) is 0. The second-order valence-corrected chi connectivity index (χ2v) is 6.06. The molecule has 1 saturated heterocycles. The van der Waals surface area contributed by atoms with Crippen LogP contribution < -0.4 is 10.2 Å². The van der Waals surface area contributed by atoms with E-state index in [0.717, 1.165) is 0 Å². The standard InChI is InChI=1S/C13H16BClF2O3/c1-12(2)13(3,4)20-14(19-12)8-5-6-10(9(15)7-8)18-11(16)17/h5-7,11H,1-4H3. The number of rotatable bonds is 3. The Morgan fingerprint density at radius 3 is 2.15 bits per heavy atom. The highest BCUT2D eigenvalue weighted by molar-refractivity contribution is 6.62. The molecule has 110 valence electrons. The first kappa shape index (κ1) is 15.5. The van der Waals surface area contributed by atoms with Gasteiger partial charge < -0.3 is 14.0 Å². The maximum atomic E-state index is 12.2. The summed E-state index contributed by atoms with van der Waals surface area (Å²) in [5, 5.41) is 0.0949. The Hall–Kier alpha value is -0.845. The molecule has 0 aromatic heterocycles. The third kappa shape index (κ3) is 2.92. The Balaban J connectivity index is 2.22. The summed E-state index contributed by atoms with van der Waals surface area (Å²) in [4.78, 5) is 0. The quantitative estimate of drug-likeness (QED) is 0.802. The lowest BCUT2D eigenvalue weighted by Crippen LogP contribution is -2.41. The first-order chi connectivity index (χ1) is 9.12. The van der Waals surface area contributed by atoms with E-state index in [1.54, 1.807) is 6.07 Å². The van der Waals surface area contributed by atoms with Crippen molar-refractivity contribution < 1.29 is 22.8 Å². The summed E-state index contributed by atoms with van der Waals surface area (Å²) in [5.74, 6) is -0.0677. The average molecular weight is 305 g/mol. The predicted molar refractivity (Wildman–Crippen MR) is 73.8 cm³/mol. The molecule has 0 bridgehead atoms. The van der Waals surface area contributed by atoms with Crippen molar-refractivity contribution in [1.82, 2.24) is 0 Å². The minimum atomic E-state index is -2.91. The fraction of sp³-hybridized carbons (Fsp3) is 0.538. The Bertz CT molecular complexity index is 492. The highest BCUT2D eigenvalue weighted by atomic mass is 35.5. The molecular weight excluding hydrogens is 288 g/mol. The summed E-state index contributed by atoms with van der Waals surface area (Å²) in [6, 6.07) is 4.50. The van der Waals surface area contributed by atoms with Crippen LogP contribution in [0.2, 0.25) is 5.02 Å². The van der Waals surface area contributed by atoms with Crippen LogP contribution in [0.3, 0.4) is 0 Å². The van der Waals surface area contributed by atoms with Crippen molar-refractivity contribution in [2.75, 3.05) is 0 Å². The van der Waals surface area contributed by atoms with Gasteiger partial charge in [-0.25, -0.2) is 0 Å². The molecule has 0 atom stereocenters. The van der Waals surface area contributed by atoms with E-state index in [4.69, 9.17) is 20.9 Å². The van der Waals surface area contributed by atoms with Crippen molar-refractivity contribution in [2.45, 2.75) is 45.5 Å². The van der Waals surface area contributed by atoms with E-state index >= 15 is 0 Å². The smallest absolute Gasteiger partial charge is 0.433 e. The van der Waals surface area contributed by atoms with Crippen LogP contribution in [0.5, 0.6) is 5.75 Å². The van der Waals surface area contributed by atoms with E-state index in [9.17, 15) is 8.78 Å². The highest BCUT2D eigenvalue weighted by Crippen LogP contribution is 2.37. The summed E-state index contributed by atoms with van der Waals surface area (Å²) in [6.45, 7) is 4.83. The van der Waals surface area contributed by atoms with E-state index in [-0.39, 0.29) is 10.8 Å². The number of hydrogen-bond acceptors (Lipinski definition) is 3. The molecule has 2 rings (SSSR count). The maximum absolute atomic E-state index is 12.2. The Morgan fingerprint density at radius 1 is 1.15 bits per heavy atom. The Morgan fingerprint density at radius 2 is 1.70 bits per heavy atom. The third-order valence-electron chi connectivity index (χ3n) is 3.70. The minimum absolute atomic E-state index is 0.0677. The zero-order valence-electron chi connectivity index (χ0n) is 11.7. The molecule has 1 aliphatic rings. The topological polar surface area (TPSA) is 27.7 Å². The number of halogens is 3. The van der Waals surface area contributed by atoms with E-state index in [1.807, 2.05) is 27.7 Å². The molecule has 0 saturated carbocycles. The zero-order valence-corrected chi connectivity index (χ0v) is 12.5. The van der Waals surface area contributed by atoms with Gasteiger partial charge >= 0.3 is 13.7 Å². The van der Waals surface area contributed by atoms with E-state index in [2.05, 4.69) is 4.74 Å². The average Bonchev–Trinajstić information content (AvgIpc) is 2.50. The monoisotopic (exact) mass is 304 g/mol. The van der Waals surface area contributed by atoms with Gasteiger partial charge in [0.15, 0.2) is 0 Å². The van der Waals surface area contributed by atoms with Gasteiger partial charge in [-0.2, -0.15) is 8.78 Å². The summed E-state index contributed by atoms with van der Waals surface area (Å²) in [7, 11) is -0.585. The van der Waals surface area contributed by atoms with Gasteiger partial charge in [-0.3, -0.25) is 0 Å². The van der Waals surface area contributed by atoms with Gasteiger partial charge in [-0.1, -0.05) is 17.7 Å². The van der Waals surface area contributed by atoms with Gasteiger partial charge in [0, 0.05) is 0 Å².